The fourth-order valence-corrected chi connectivity index (χ4v) is 1.76. The molecule has 0 aliphatic carbocycles. The van der Waals surface area contributed by atoms with E-state index in [1.165, 1.54) is 6.21 Å². The first-order valence-electron chi connectivity index (χ1n) is 6.98. The van der Waals surface area contributed by atoms with Gasteiger partial charge in [0, 0.05) is 6.54 Å². The molecule has 0 aliphatic rings. The van der Waals surface area contributed by atoms with Gasteiger partial charge in [0.15, 0.2) is 0 Å². The number of ether oxygens (including phenoxy) is 1. The highest BCUT2D eigenvalue weighted by atomic mass is 16.5. The van der Waals surface area contributed by atoms with Crippen LogP contribution in [-0.2, 0) is 16.1 Å². The van der Waals surface area contributed by atoms with Crippen LogP contribution in [-0.4, -0.2) is 25.1 Å². The minimum atomic E-state index is -0.814. The zero-order valence-electron chi connectivity index (χ0n) is 12.7. The molecule has 0 heterocycles. The molecule has 0 fully saturated rings. The summed E-state index contributed by atoms with van der Waals surface area (Å²) in [4.78, 5) is 23.3. The molecule has 0 unspecified atom stereocenters. The average Bonchev–Trinajstić information content (AvgIpc) is 2.61. The Morgan fingerprint density at radius 1 is 1.04 bits per heavy atom. The van der Waals surface area contributed by atoms with Crippen molar-refractivity contribution in [2.24, 2.45) is 5.10 Å². The summed E-state index contributed by atoms with van der Waals surface area (Å²) in [6.45, 7) is 0.249. The number of hydrogen-bond acceptors (Lipinski definition) is 4. The predicted octanol–water partition coefficient (Wildman–Crippen LogP) is 1.46. The Morgan fingerprint density at radius 3 is 2.39 bits per heavy atom. The maximum Gasteiger partial charge on any atom is 0.329 e. The smallest absolute Gasteiger partial charge is 0.329 e. The van der Waals surface area contributed by atoms with Crippen molar-refractivity contribution < 1.29 is 14.3 Å². The number of nitrogens with one attached hydrogen (secondary N) is 2. The SMILES string of the molecule is COc1ccc(CNC(=O)C(=O)N/N=C/c2ccccc2)cc1. The van der Waals surface area contributed by atoms with E-state index in [4.69, 9.17) is 4.74 Å². The molecule has 0 radical (unpaired) electrons. The highest BCUT2D eigenvalue weighted by molar-refractivity contribution is 6.35. The van der Waals surface area contributed by atoms with Crippen molar-refractivity contribution in [3.05, 3.63) is 65.7 Å². The van der Waals surface area contributed by atoms with Crippen LogP contribution in [0.2, 0.25) is 0 Å². The lowest BCUT2D eigenvalue weighted by Crippen LogP contribution is -2.37. The second-order valence-corrected chi connectivity index (χ2v) is 4.64. The van der Waals surface area contributed by atoms with Gasteiger partial charge < -0.3 is 10.1 Å². The topological polar surface area (TPSA) is 79.8 Å². The predicted molar refractivity (Wildman–Crippen MR) is 87.0 cm³/mol. The van der Waals surface area contributed by atoms with E-state index < -0.39 is 11.8 Å². The van der Waals surface area contributed by atoms with Crippen molar-refractivity contribution in [1.29, 1.82) is 0 Å². The molecular formula is C17H17N3O3. The lowest BCUT2D eigenvalue weighted by molar-refractivity contribution is -0.139. The van der Waals surface area contributed by atoms with Gasteiger partial charge in [-0.25, -0.2) is 5.43 Å². The van der Waals surface area contributed by atoms with Crippen molar-refractivity contribution in [1.82, 2.24) is 10.7 Å². The third-order valence-electron chi connectivity index (χ3n) is 3.00. The molecular weight excluding hydrogens is 294 g/mol. The van der Waals surface area contributed by atoms with Crippen LogP contribution in [0.25, 0.3) is 0 Å². The third kappa shape index (κ3) is 5.28. The number of amides is 2. The number of carbonyl (C=O) groups is 2. The lowest BCUT2D eigenvalue weighted by Gasteiger charge is -2.05. The average molecular weight is 311 g/mol. The van der Waals surface area contributed by atoms with Crippen LogP contribution in [0.3, 0.4) is 0 Å². The molecule has 0 aliphatic heterocycles. The monoisotopic (exact) mass is 311 g/mol. The molecule has 0 atom stereocenters. The van der Waals surface area contributed by atoms with Gasteiger partial charge in [-0.2, -0.15) is 5.10 Å². The molecule has 2 amide bonds. The van der Waals surface area contributed by atoms with E-state index in [2.05, 4.69) is 15.8 Å². The van der Waals surface area contributed by atoms with Crippen LogP contribution in [0.1, 0.15) is 11.1 Å². The minimum absolute atomic E-state index is 0.249. The van der Waals surface area contributed by atoms with Crippen LogP contribution in [0.5, 0.6) is 5.75 Å². The Bertz CT molecular complexity index is 682. The first kappa shape index (κ1) is 16.2. The summed E-state index contributed by atoms with van der Waals surface area (Å²) >= 11 is 0. The number of hydrogen-bond donors (Lipinski definition) is 2. The molecule has 118 valence electrons. The zero-order valence-corrected chi connectivity index (χ0v) is 12.7. The van der Waals surface area contributed by atoms with E-state index >= 15 is 0 Å². The van der Waals surface area contributed by atoms with Gasteiger partial charge in [-0.15, -0.1) is 0 Å². The highest BCUT2D eigenvalue weighted by Crippen LogP contribution is 2.10. The van der Waals surface area contributed by atoms with Gasteiger partial charge in [-0.05, 0) is 23.3 Å². The fraction of sp³-hybridized carbons (Fsp3) is 0.118. The van der Waals surface area contributed by atoms with Gasteiger partial charge in [-0.1, -0.05) is 42.5 Å². The van der Waals surface area contributed by atoms with Crippen LogP contribution < -0.4 is 15.5 Å². The van der Waals surface area contributed by atoms with E-state index in [1.54, 1.807) is 19.2 Å². The molecule has 0 aromatic heterocycles. The molecule has 0 bridgehead atoms. The van der Waals surface area contributed by atoms with Crippen LogP contribution in [0.4, 0.5) is 0 Å². The van der Waals surface area contributed by atoms with Crippen molar-refractivity contribution >= 4 is 18.0 Å². The van der Waals surface area contributed by atoms with E-state index in [1.807, 2.05) is 42.5 Å². The first-order valence-corrected chi connectivity index (χ1v) is 6.98. The van der Waals surface area contributed by atoms with Gasteiger partial charge in [0.05, 0.1) is 13.3 Å². The number of hydrazone groups is 1. The summed E-state index contributed by atoms with van der Waals surface area (Å²) in [5.74, 6) is -0.829. The number of rotatable bonds is 5. The van der Waals surface area contributed by atoms with Crippen molar-refractivity contribution in [3.63, 3.8) is 0 Å². The maximum atomic E-state index is 11.7. The van der Waals surface area contributed by atoms with Crippen LogP contribution >= 0.6 is 0 Å². The Morgan fingerprint density at radius 2 is 1.74 bits per heavy atom. The summed E-state index contributed by atoms with van der Waals surface area (Å²) < 4.78 is 5.05. The Labute approximate surface area is 134 Å². The molecule has 6 nitrogen and oxygen atoms in total. The van der Waals surface area contributed by atoms with Crippen LogP contribution in [0.15, 0.2) is 59.7 Å². The minimum Gasteiger partial charge on any atom is -0.497 e. The fourth-order valence-electron chi connectivity index (χ4n) is 1.76. The van der Waals surface area contributed by atoms with Crippen molar-refractivity contribution in [2.45, 2.75) is 6.54 Å². The molecule has 6 heteroatoms. The number of methoxy groups -OCH3 is 1. The van der Waals surface area contributed by atoms with E-state index in [0.29, 0.717) is 0 Å². The van der Waals surface area contributed by atoms with E-state index in [0.717, 1.165) is 16.9 Å². The molecule has 0 spiro atoms. The number of nitrogens with zero attached hydrogens (tertiary/aromatic N) is 1. The molecule has 2 aromatic rings. The second-order valence-electron chi connectivity index (χ2n) is 4.64. The van der Waals surface area contributed by atoms with Gasteiger partial charge >= 0.3 is 11.8 Å². The molecule has 23 heavy (non-hydrogen) atoms. The number of carbonyl (C=O) groups excluding carboxylic acids is 2. The van der Waals surface area contributed by atoms with Crippen molar-refractivity contribution in [2.75, 3.05) is 7.11 Å². The largest absolute Gasteiger partial charge is 0.497 e. The Balaban J connectivity index is 1.78. The number of benzene rings is 2. The maximum absolute atomic E-state index is 11.7. The van der Waals surface area contributed by atoms with E-state index in [-0.39, 0.29) is 6.54 Å². The summed E-state index contributed by atoms with van der Waals surface area (Å²) in [6, 6.07) is 16.4. The van der Waals surface area contributed by atoms with Gasteiger partial charge in [0.25, 0.3) is 0 Å². The van der Waals surface area contributed by atoms with Crippen LogP contribution in [0, 0.1) is 0 Å². The Kier molecular flexibility index (Phi) is 5.88. The first-order chi connectivity index (χ1) is 11.2. The highest BCUT2D eigenvalue weighted by Gasteiger charge is 2.11. The lowest BCUT2D eigenvalue weighted by atomic mass is 10.2. The van der Waals surface area contributed by atoms with Crippen molar-refractivity contribution in [3.8, 4) is 5.75 Å². The van der Waals surface area contributed by atoms with E-state index in [9.17, 15) is 9.59 Å². The van der Waals surface area contributed by atoms with Gasteiger partial charge in [-0.3, -0.25) is 9.59 Å². The molecule has 0 saturated heterocycles. The second kappa shape index (κ2) is 8.33. The summed E-state index contributed by atoms with van der Waals surface area (Å²) in [7, 11) is 1.58. The molecule has 2 aromatic carbocycles. The molecule has 2 rings (SSSR count). The normalized spacial score (nSPS) is 10.3. The summed E-state index contributed by atoms with van der Waals surface area (Å²) in [5.41, 5.74) is 3.87. The summed E-state index contributed by atoms with van der Waals surface area (Å²) in [5, 5.41) is 6.26. The van der Waals surface area contributed by atoms with Gasteiger partial charge in [0.1, 0.15) is 5.75 Å². The standard InChI is InChI=1S/C17H17N3O3/c1-23-15-9-7-14(8-10-15)11-18-16(21)17(22)20-19-12-13-5-3-2-4-6-13/h2-10,12H,11H2,1H3,(H,18,21)(H,20,22)/b19-12+. The Hall–Kier alpha value is -3.15. The molecule has 2 N–H and O–H groups in total. The molecule has 0 saturated carbocycles. The zero-order chi connectivity index (χ0) is 16.5. The van der Waals surface area contributed by atoms with Gasteiger partial charge in [0.2, 0.25) is 0 Å². The quantitative estimate of drug-likeness (QED) is 0.498. The third-order valence-corrected chi connectivity index (χ3v) is 3.00. The summed E-state index contributed by atoms with van der Waals surface area (Å²) in [6.07, 6.45) is 1.47.